The van der Waals surface area contributed by atoms with Crippen LogP contribution in [0.3, 0.4) is 0 Å². The Kier molecular flexibility index (Phi) is 7.08. The smallest absolute Gasteiger partial charge is 0.332 e. The highest BCUT2D eigenvalue weighted by Crippen LogP contribution is 2.30. The molecule has 0 fully saturated rings. The summed E-state index contributed by atoms with van der Waals surface area (Å²) < 4.78 is 6.48. The predicted octanol–water partition coefficient (Wildman–Crippen LogP) is -1.84. The summed E-state index contributed by atoms with van der Waals surface area (Å²) in [6.45, 7) is 3.40. The lowest BCUT2D eigenvalue weighted by atomic mass is 10.0. The summed E-state index contributed by atoms with van der Waals surface area (Å²) >= 11 is 0. The first kappa shape index (κ1) is 25.7. The van der Waals surface area contributed by atoms with Gasteiger partial charge in [0.25, 0.3) is 5.56 Å². The van der Waals surface area contributed by atoms with Crippen molar-refractivity contribution in [3.63, 3.8) is 0 Å². The number of quaternary nitrogens is 1. The van der Waals surface area contributed by atoms with E-state index in [0.717, 1.165) is 28.6 Å². The summed E-state index contributed by atoms with van der Waals surface area (Å²) in [4.78, 5) is 29.0. The van der Waals surface area contributed by atoms with E-state index in [1.54, 1.807) is 17.9 Å². The van der Waals surface area contributed by atoms with Crippen molar-refractivity contribution < 1.29 is 22.8 Å². The summed E-state index contributed by atoms with van der Waals surface area (Å²) in [5.41, 5.74) is 3.30. The van der Waals surface area contributed by atoms with Crippen LogP contribution in [0.15, 0.2) is 58.4 Å². The monoisotopic (exact) mass is 510 g/mol. The van der Waals surface area contributed by atoms with Gasteiger partial charge in [0.1, 0.15) is 12.1 Å². The molecule has 10 heteroatoms. The zero-order chi connectivity index (χ0) is 24.9. The van der Waals surface area contributed by atoms with Gasteiger partial charge in [0.2, 0.25) is 0 Å². The van der Waals surface area contributed by atoms with Crippen LogP contribution < -0.4 is 29.0 Å². The number of benzene rings is 2. The van der Waals surface area contributed by atoms with Crippen molar-refractivity contribution in [2.45, 2.75) is 32.0 Å². The first-order valence-corrected chi connectivity index (χ1v) is 11.9. The Labute approximate surface area is 214 Å². The van der Waals surface area contributed by atoms with E-state index in [4.69, 9.17) is 0 Å². The molecule has 0 saturated heterocycles. The van der Waals surface area contributed by atoms with Gasteiger partial charge in [-0.2, -0.15) is 0 Å². The van der Waals surface area contributed by atoms with Crippen molar-refractivity contribution >= 4 is 33.0 Å². The minimum atomic E-state index is -0.603. The zero-order valence-electron chi connectivity index (χ0n) is 20.8. The standard InChI is InChI=1S/C26H30N6O3.ClH/c1-16(23(33)17-10-11-19-18-8-5-6-9-20(18)29(2)21(19)14-17)27-12-7-13-32-15-28-24-22(32)25(34)31(4)26(35)30(24)3;/h5-6,8-11,14-16,23,27,33H,7,12-13H2,1-4H3;1H. The number of hydrogen-bond donors (Lipinski definition) is 2. The molecule has 0 amide bonds. The van der Waals surface area contributed by atoms with Gasteiger partial charge in [-0.3, -0.25) is 13.9 Å². The summed E-state index contributed by atoms with van der Waals surface area (Å²) in [5, 5.41) is 15.6. The summed E-state index contributed by atoms with van der Waals surface area (Å²) in [5.74, 6) is 0. The van der Waals surface area contributed by atoms with Crippen LogP contribution in [0.2, 0.25) is 0 Å². The molecule has 0 aliphatic rings. The number of aliphatic hydroxyl groups excluding tert-OH is 1. The molecule has 3 N–H and O–H groups in total. The van der Waals surface area contributed by atoms with E-state index < -0.39 is 6.10 Å². The summed E-state index contributed by atoms with van der Waals surface area (Å²) in [6.07, 6.45) is 1.80. The molecule has 0 bridgehead atoms. The van der Waals surface area contributed by atoms with E-state index in [1.165, 1.54) is 27.9 Å². The lowest BCUT2D eigenvalue weighted by molar-refractivity contribution is -0.694. The van der Waals surface area contributed by atoms with Crippen molar-refractivity contribution in [2.24, 2.45) is 21.1 Å². The molecular formula is C26H31ClN6O3. The minimum absolute atomic E-state index is 0. The number of hydrogen-bond acceptors (Lipinski definition) is 4. The average Bonchev–Trinajstić information content (AvgIpc) is 3.43. The number of nitrogens with two attached hydrogens (primary N) is 1. The van der Waals surface area contributed by atoms with Crippen molar-refractivity contribution in [3.05, 3.63) is 75.2 Å². The molecule has 3 heterocycles. The van der Waals surface area contributed by atoms with Crippen molar-refractivity contribution in [3.8, 4) is 0 Å². The van der Waals surface area contributed by atoms with Gasteiger partial charge in [-0.15, -0.1) is 0 Å². The molecule has 3 aromatic heterocycles. The number of aryl methyl sites for hydroxylation is 3. The number of fused-ring (bicyclic) bond motifs is 4. The lowest BCUT2D eigenvalue weighted by Gasteiger charge is -2.18. The maximum Gasteiger partial charge on any atom is 0.332 e. The van der Waals surface area contributed by atoms with Crippen LogP contribution in [0.4, 0.5) is 0 Å². The van der Waals surface area contributed by atoms with Crippen LogP contribution in [0.25, 0.3) is 33.0 Å². The molecule has 5 aromatic rings. The van der Waals surface area contributed by atoms with Crippen LogP contribution in [-0.2, 0) is 27.7 Å². The molecule has 0 saturated carbocycles. The molecule has 2 aromatic carbocycles. The molecule has 0 radical (unpaired) electrons. The van der Waals surface area contributed by atoms with Crippen LogP contribution in [0.5, 0.6) is 0 Å². The Morgan fingerprint density at radius 2 is 1.69 bits per heavy atom. The maximum atomic E-state index is 12.6. The topological polar surface area (TPSA) is 104 Å². The highest BCUT2D eigenvalue weighted by Gasteiger charge is 2.21. The van der Waals surface area contributed by atoms with E-state index in [0.29, 0.717) is 17.7 Å². The number of halogens is 1. The van der Waals surface area contributed by atoms with Gasteiger partial charge < -0.3 is 32.0 Å². The highest BCUT2D eigenvalue weighted by molar-refractivity contribution is 6.08. The quantitative estimate of drug-likeness (QED) is 0.251. The van der Waals surface area contributed by atoms with Crippen LogP contribution >= 0.6 is 0 Å². The number of aliphatic hydroxyl groups is 1. The molecule has 2 atom stereocenters. The van der Waals surface area contributed by atoms with Gasteiger partial charge in [-0.05, 0) is 24.6 Å². The molecule has 0 spiro atoms. The number of imidazole rings is 1. The van der Waals surface area contributed by atoms with Gasteiger partial charge in [0.05, 0.1) is 12.9 Å². The first-order chi connectivity index (χ1) is 16.8. The second-order valence-electron chi connectivity index (χ2n) is 9.35. The fraction of sp³-hybridized carbons (Fsp3) is 0.346. The molecule has 5 rings (SSSR count). The fourth-order valence-corrected chi connectivity index (χ4v) is 5.00. The van der Waals surface area contributed by atoms with E-state index in [1.807, 2.05) is 25.1 Å². The third-order valence-electron chi connectivity index (χ3n) is 7.14. The lowest BCUT2D eigenvalue weighted by Crippen LogP contribution is -3.00. The molecule has 0 aliphatic heterocycles. The SMILES string of the molecule is CC([NH2+]CCCn1cnc2c1c(=O)n(C)c(=O)n2C)C(O)c1ccc2c3ccccc3n(C)c2c1.[Cl-]. The Morgan fingerprint density at radius 1 is 0.972 bits per heavy atom. The van der Waals surface area contributed by atoms with E-state index >= 15 is 0 Å². The number of para-hydroxylation sites is 1. The van der Waals surface area contributed by atoms with E-state index in [2.05, 4.69) is 46.2 Å². The van der Waals surface area contributed by atoms with Gasteiger partial charge in [-0.25, -0.2) is 9.78 Å². The number of nitrogens with zero attached hydrogens (tertiary/aromatic N) is 5. The van der Waals surface area contributed by atoms with Gasteiger partial charge in [-0.1, -0.05) is 30.3 Å². The Balaban J connectivity index is 0.00000304. The maximum absolute atomic E-state index is 12.6. The zero-order valence-corrected chi connectivity index (χ0v) is 21.6. The fourth-order valence-electron chi connectivity index (χ4n) is 5.00. The molecular weight excluding hydrogens is 480 g/mol. The van der Waals surface area contributed by atoms with Crippen LogP contribution in [-0.4, -0.2) is 40.9 Å². The third kappa shape index (κ3) is 4.13. The summed E-state index contributed by atoms with van der Waals surface area (Å²) in [7, 11) is 5.16. The highest BCUT2D eigenvalue weighted by atomic mass is 35.5. The molecule has 190 valence electrons. The normalized spacial score (nSPS) is 13.4. The number of aromatic nitrogens is 5. The molecule has 0 aliphatic carbocycles. The van der Waals surface area contributed by atoms with Gasteiger partial charge in [0, 0.05) is 55.9 Å². The van der Waals surface area contributed by atoms with E-state index in [9.17, 15) is 14.7 Å². The van der Waals surface area contributed by atoms with Crippen molar-refractivity contribution in [1.29, 1.82) is 0 Å². The molecule has 9 nitrogen and oxygen atoms in total. The second-order valence-corrected chi connectivity index (χ2v) is 9.35. The third-order valence-corrected chi connectivity index (χ3v) is 7.14. The predicted molar refractivity (Wildman–Crippen MR) is 136 cm³/mol. The first-order valence-electron chi connectivity index (χ1n) is 11.9. The summed E-state index contributed by atoms with van der Waals surface area (Å²) in [6, 6.07) is 14.5. The van der Waals surface area contributed by atoms with Crippen molar-refractivity contribution in [2.75, 3.05) is 6.54 Å². The second kappa shape index (κ2) is 9.93. The van der Waals surface area contributed by atoms with Crippen LogP contribution in [0.1, 0.15) is 25.0 Å². The largest absolute Gasteiger partial charge is 1.00 e. The van der Waals surface area contributed by atoms with Crippen LogP contribution in [0, 0.1) is 0 Å². The van der Waals surface area contributed by atoms with Gasteiger partial charge in [0.15, 0.2) is 11.2 Å². The van der Waals surface area contributed by atoms with Crippen molar-refractivity contribution in [1.82, 2.24) is 23.3 Å². The Hall–Kier alpha value is -3.40. The number of rotatable bonds is 7. The Bertz CT molecular complexity index is 1680. The van der Waals surface area contributed by atoms with E-state index in [-0.39, 0.29) is 29.7 Å². The van der Waals surface area contributed by atoms with Gasteiger partial charge >= 0.3 is 5.69 Å². The molecule has 2 unspecified atom stereocenters. The average molecular weight is 511 g/mol. The Morgan fingerprint density at radius 3 is 2.47 bits per heavy atom. The minimum Gasteiger partial charge on any atom is -1.00 e. The molecule has 36 heavy (non-hydrogen) atoms.